The number of pyridine rings is 1. The molecule has 0 aliphatic carbocycles. The number of rotatable bonds is 5. The van der Waals surface area contributed by atoms with Gasteiger partial charge in [0, 0.05) is 17.6 Å². The third-order valence-corrected chi connectivity index (χ3v) is 2.73. The second-order valence-electron chi connectivity index (χ2n) is 4.16. The van der Waals surface area contributed by atoms with Crippen molar-refractivity contribution in [2.24, 2.45) is 0 Å². The zero-order valence-electron chi connectivity index (χ0n) is 10.3. The number of nitrogens with zero attached hydrogens (tertiary/aromatic N) is 1. The van der Waals surface area contributed by atoms with Gasteiger partial charge in [0.2, 0.25) is 0 Å². The molecule has 0 radical (unpaired) electrons. The number of benzene rings is 1. The molecule has 0 spiro atoms. The normalized spacial score (nSPS) is 12.6. The van der Waals surface area contributed by atoms with Crippen LogP contribution in [0, 0.1) is 0 Å². The third-order valence-electron chi connectivity index (χ3n) is 2.73. The van der Waals surface area contributed by atoms with E-state index < -0.39 is 18.5 Å². The predicted molar refractivity (Wildman–Crippen MR) is 69.2 cm³/mol. The number of carbonyl (C=O) groups is 1. The number of aromatic nitrogens is 1. The summed E-state index contributed by atoms with van der Waals surface area (Å²) in [6.45, 7) is -0.384. The van der Waals surface area contributed by atoms with E-state index in [1.54, 1.807) is 24.3 Å². The second kappa shape index (κ2) is 5.79. The number of carboxylic acids is 1. The Labute approximate surface area is 112 Å². The molecule has 7 heteroatoms. The van der Waals surface area contributed by atoms with Crippen molar-refractivity contribution in [3.63, 3.8) is 0 Å². The summed E-state index contributed by atoms with van der Waals surface area (Å²) in [7, 11) is 0. The molecule has 1 unspecified atom stereocenters. The number of aliphatic hydroxyl groups excluding tert-OH is 1. The molecular formula is C13H12F2N2O3. The van der Waals surface area contributed by atoms with Gasteiger partial charge in [0.1, 0.15) is 6.10 Å². The van der Waals surface area contributed by atoms with Crippen molar-refractivity contribution in [2.75, 3.05) is 11.9 Å². The lowest BCUT2D eigenvalue weighted by Crippen LogP contribution is -2.27. The van der Waals surface area contributed by atoms with Crippen LogP contribution in [0.15, 0.2) is 30.3 Å². The molecule has 1 atom stereocenters. The Morgan fingerprint density at radius 1 is 1.35 bits per heavy atom. The molecule has 0 amide bonds. The molecule has 0 aliphatic heterocycles. The summed E-state index contributed by atoms with van der Waals surface area (Å²) in [4.78, 5) is 14.9. The Bertz CT molecular complexity index is 634. The van der Waals surface area contributed by atoms with Gasteiger partial charge in [0.05, 0.1) is 5.52 Å². The molecule has 0 fully saturated rings. The number of hydrogen-bond acceptors (Lipinski definition) is 4. The van der Waals surface area contributed by atoms with Crippen molar-refractivity contribution in [2.45, 2.75) is 12.5 Å². The Morgan fingerprint density at radius 2 is 2.05 bits per heavy atom. The number of aromatic carboxylic acids is 1. The van der Waals surface area contributed by atoms with E-state index in [0.29, 0.717) is 16.6 Å². The van der Waals surface area contributed by atoms with Gasteiger partial charge in [-0.25, -0.2) is 18.6 Å². The first-order chi connectivity index (χ1) is 9.49. The van der Waals surface area contributed by atoms with Crippen molar-refractivity contribution in [1.82, 2.24) is 4.98 Å². The van der Waals surface area contributed by atoms with Gasteiger partial charge >= 0.3 is 5.97 Å². The molecule has 20 heavy (non-hydrogen) atoms. The largest absolute Gasteiger partial charge is 0.477 e. The smallest absolute Gasteiger partial charge is 0.354 e. The molecular weight excluding hydrogens is 270 g/mol. The van der Waals surface area contributed by atoms with Gasteiger partial charge < -0.3 is 15.5 Å². The van der Waals surface area contributed by atoms with Crippen molar-refractivity contribution in [3.8, 4) is 0 Å². The molecule has 0 aliphatic rings. The van der Waals surface area contributed by atoms with Crippen LogP contribution in [0.25, 0.3) is 10.9 Å². The molecule has 0 bridgehead atoms. The average Bonchev–Trinajstić information content (AvgIpc) is 2.43. The number of para-hydroxylation sites is 1. The van der Waals surface area contributed by atoms with E-state index >= 15 is 0 Å². The van der Waals surface area contributed by atoms with Gasteiger partial charge in [0.15, 0.2) is 5.69 Å². The number of aliphatic hydroxyl groups is 1. The number of carboxylic acid groups (broad SMARTS) is 1. The van der Waals surface area contributed by atoms with Gasteiger partial charge in [-0.3, -0.25) is 0 Å². The van der Waals surface area contributed by atoms with E-state index in [4.69, 9.17) is 10.2 Å². The summed E-state index contributed by atoms with van der Waals surface area (Å²) >= 11 is 0. The lowest BCUT2D eigenvalue weighted by atomic mass is 10.1. The van der Waals surface area contributed by atoms with E-state index in [1.165, 1.54) is 6.07 Å². The molecule has 1 aromatic heterocycles. The quantitative estimate of drug-likeness (QED) is 0.781. The minimum atomic E-state index is -2.87. The maximum atomic E-state index is 12.3. The lowest BCUT2D eigenvalue weighted by molar-refractivity contribution is 0.00386. The summed E-state index contributed by atoms with van der Waals surface area (Å²) in [6, 6.07) is 7.97. The highest BCUT2D eigenvalue weighted by Gasteiger charge is 2.17. The maximum absolute atomic E-state index is 12.3. The number of halogens is 2. The summed E-state index contributed by atoms with van der Waals surface area (Å²) < 4.78 is 24.5. The van der Waals surface area contributed by atoms with Gasteiger partial charge in [-0.1, -0.05) is 18.2 Å². The summed E-state index contributed by atoms with van der Waals surface area (Å²) in [5, 5.41) is 21.3. The fraction of sp³-hybridized carbons (Fsp3) is 0.231. The zero-order valence-corrected chi connectivity index (χ0v) is 10.3. The van der Waals surface area contributed by atoms with Gasteiger partial charge in [-0.2, -0.15) is 0 Å². The fourth-order valence-electron chi connectivity index (χ4n) is 1.73. The maximum Gasteiger partial charge on any atom is 0.354 e. The molecule has 2 aromatic rings. The van der Waals surface area contributed by atoms with E-state index in [2.05, 4.69) is 10.3 Å². The third kappa shape index (κ3) is 3.00. The van der Waals surface area contributed by atoms with Gasteiger partial charge in [-0.15, -0.1) is 0 Å². The van der Waals surface area contributed by atoms with Crippen LogP contribution in [0.3, 0.4) is 0 Å². The van der Waals surface area contributed by atoms with E-state index in [9.17, 15) is 13.6 Å². The highest BCUT2D eigenvalue weighted by molar-refractivity contribution is 5.97. The van der Waals surface area contributed by atoms with Gasteiger partial charge in [-0.05, 0) is 12.1 Å². The first-order valence-electron chi connectivity index (χ1n) is 5.82. The van der Waals surface area contributed by atoms with E-state index in [1.807, 2.05) is 0 Å². The van der Waals surface area contributed by atoms with E-state index in [-0.39, 0.29) is 12.2 Å². The number of alkyl halides is 2. The van der Waals surface area contributed by atoms with Gasteiger partial charge in [0.25, 0.3) is 6.43 Å². The first-order valence-corrected chi connectivity index (χ1v) is 5.82. The number of fused-ring (bicyclic) bond motifs is 1. The van der Waals surface area contributed by atoms with Crippen LogP contribution in [0.2, 0.25) is 0 Å². The summed E-state index contributed by atoms with van der Waals surface area (Å²) in [5.74, 6) is -1.21. The predicted octanol–water partition coefficient (Wildman–Crippen LogP) is 1.97. The second-order valence-corrected chi connectivity index (χ2v) is 4.16. The van der Waals surface area contributed by atoms with E-state index in [0.717, 1.165) is 0 Å². The molecule has 0 saturated carbocycles. The fourth-order valence-corrected chi connectivity index (χ4v) is 1.73. The molecule has 0 saturated heterocycles. The molecule has 1 aromatic carbocycles. The molecule has 1 heterocycles. The lowest BCUT2D eigenvalue weighted by Gasteiger charge is -2.14. The van der Waals surface area contributed by atoms with Crippen LogP contribution in [0.4, 0.5) is 14.5 Å². The number of hydrogen-bond donors (Lipinski definition) is 3. The van der Waals surface area contributed by atoms with Crippen LogP contribution in [-0.2, 0) is 0 Å². The molecule has 2 rings (SSSR count). The van der Waals surface area contributed by atoms with Crippen LogP contribution in [-0.4, -0.2) is 40.2 Å². The van der Waals surface area contributed by atoms with Crippen LogP contribution < -0.4 is 5.32 Å². The topological polar surface area (TPSA) is 82.5 Å². The molecule has 106 valence electrons. The number of anilines is 1. The van der Waals surface area contributed by atoms with Crippen molar-refractivity contribution >= 4 is 22.6 Å². The Balaban J connectivity index is 2.37. The minimum Gasteiger partial charge on any atom is -0.477 e. The Kier molecular flexibility index (Phi) is 4.09. The molecule has 5 nitrogen and oxygen atoms in total. The van der Waals surface area contributed by atoms with Crippen LogP contribution >= 0.6 is 0 Å². The standard InChI is InChI=1S/C13H12F2N2O3/c14-12(15)11(18)6-16-9-5-10(13(19)20)17-8-4-2-1-3-7(8)9/h1-5,11-12,18H,6H2,(H,16,17)(H,19,20). The SMILES string of the molecule is O=C(O)c1cc(NCC(O)C(F)F)c2ccccc2n1. The van der Waals surface area contributed by atoms with Crippen LogP contribution in [0.5, 0.6) is 0 Å². The Morgan fingerprint density at radius 3 is 2.70 bits per heavy atom. The Hall–Kier alpha value is -2.28. The zero-order chi connectivity index (χ0) is 14.7. The minimum absolute atomic E-state index is 0.197. The van der Waals surface area contributed by atoms with Crippen molar-refractivity contribution in [3.05, 3.63) is 36.0 Å². The van der Waals surface area contributed by atoms with Crippen molar-refractivity contribution in [1.29, 1.82) is 0 Å². The first kappa shape index (κ1) is 14.1. The monoisotopic (exact) mass is 282 g/mol. The summed E-state index contributed by atoms with van der Waals surface area (Å²) in [5.41, 5.74) is 0.576. The van der Waals surface area contributed by atoms with Crippen molar-refractivity contribution < 1.29 is 23.8 Å². The average molecular weight is 282 g/mol. The van der Waals surface area contributed by atoms with Crippen LogP contribution in [0.1, 0.15) is 10.5 Å². The highest BCUT2D eigenvalue weighted by Crippen LogP contribution is 2.23. The molecule has 3 N–H and O–H groups in total. The summed E-state index contributed by atoms with van der Waals surface area (Å²) in [6.07, 6.45) is -4.69. The number of nitrogens with one attached hydrogen (secondary N) is 1. The highest BCUT2D eigenvalue weighted by atomic mass is 19.3.